The van der Waals surface area contributed by atoms with Gasteiger partial charge >= 0.3 is 0 Å². The molecule has 0 amide bonds. The van der Waals surface area contributed by atoms with Crippen molar-refractivity contribution in [3.63, 3.8) is 0 Å². The molecular weight excluding hydrogens is 144 g/mol. The van der Waals surface area contributed by atoms with E-state index in [1.54, 1.807) is 0 Å². The number of aryl methyl sites for hydroxylation is 1. The van der Waals surface area contributed by atoms with Crippen molar-refractivity contribution in [3.8, 4) is 0 Å². The van der Waals surface area contributed by atoms with Gasteiger partial charge in [-0.25, -0.2) is 0 Å². The van der Waals surface area contributed by atoms with Crippen LogP contribution in [0.2, 0.25) is 0 Å². The first-order valence-electron chi connectivity index (χ1n) is 4.55. The molecule has 0 saturated heterocycles. The normalized spacial score (nSPS) is 10.8. The van der Waals surface area contributed by atoms with E-state index in [9.17, 15) is 0 Å². The molecule has 1 aromatic rings. The van der Waals surface area contributed by atoms with E-state index in [2.05, 4.69) is 45.9 Å². The second-order valence-electron chi connectivity index (χ2n) is 3.45. The quantitative estimate of drug-likeness (QED) is 0.622. The molecule has 0 heteroatoms. The molecule has 0 saturated carbocycles. The summed E-state index contributed by atoms with van der Waals surface area (Å²) in [6.45, 7) is 8.75. The van der Waals surface area contributed by atoms with Crippen LogP contribution in [0, 0.1) is 12.8 Å². The predicted octanol–water partition coefficient (Wildman–Crippen LogP) is 3.52. The van der Waals surface area contributed by atoms with E-state index in [4.69, 9.17) is 0 Å². The van der Waals surface area contributed by atoms with Crippen LogP contribution in [0.4, 0.5) is 0 Å². The molecule has 1 radical (unpaired) electrons. The molecule has 0 nitrogen and oxygen atoms in total. The van der Waals surface area contributed by atoms with Crippen molar-refractivity contribution < 1.29 is 0 Å². The fourth-order valence-electron chi connectivity index (χ4n) is 1.64. The van der Waals surface area contributed by atoms with Crippen molar-refractivity contribution in [2.45, 2.75) is 34.1 Å². The Bertz CT molecular complexity index is 259. The second-order valence-corrected chi connectivity index (χ2v) is 3.45. The molecule has 0 aliphatic carbocycles. The van der Waals surface area contributed by atoms with E-state index in [0.29, 0.717) is 0 Å². The summed E-state index contributed by atoms with van der Waals surface area (Å²) in [5, 5.41) is 0. The van der Waals surface area contributed by atoms with Crippen molar-refractivity contribution in [3.05, 3.63) is 40.8 Å². The maximum Gasteiger partial charge on any atom is -0.000912 e. The van der Waals surface area contributed by atoms with Crippen LogP contribution in [-0.4, -0.2) is 0 Å². The van der Waals surface area contributed by atoms with Crippen LogP contribution in [0.5, 0.6) is 0 Å². The number of hydrogen-bond donors (Lipinski definition) is 0. The van der Waals surface area contributed by atoms with Gasteiger partial charge in [-0.05, 0) is 36.0 Å². The summed E-state index contributed by atoms with van der Waals surface area (Å²) in [5.74, 6) is 1.41. The van der Waals surface area contributed by atoms with Crippen LogP contribution >= 0.6 is 0 Å². The van der Waals surface area contributed by atoms with Crippen molar-refractivity contribution in [1.29, 1.82) is 0 Å². The van der Waals surface area contributed by atoms with Crippen molar-refractivity contribution >= 4 is 0 Å². The van der Waals surface area contributed by atoms with Crippen LogP contribution < -0.4 is 0 Å². The summed E-state index contributed by atoms with van der Waals surface area (Å²) in [5.41, 5.74) is 4.34. The van der Waals surface area contributed by atoms with Gasteiger partial charge in [0.15, 0.2) is 0 Å². The molecule has 0 aromatic heterocycles. The average Bonchev–Trinajstić information content (AvgIpc) is 2.03. The van der Waals surface area contributed by atoms with Crippen LogP contribution in [-0.2, 0) is 6.42 Å². The third-order valence-electron chi connectivity index (χ3n) is 2.30. The lowest BCUT2D eigenvalue weighted by molar-refractivity contribution is 1.03. The van der Waals surface area contributed by atoms with Gasteiger partial charge in [0.05, 0.1) is 0 Å². The zero-order valence-electron chi connectivity index (χ0n) is 8.44. The van der Waals surface area contributed by atoms with E-state index in [1.165, 1.54) is 22.6 Å². The Kier molecular flexibility index (Phi) is 2.91. The summed E-state index contributed by atoms with van der Waals surface area (Å²) >= 11 is 0. The highest BCUT2D eigenvalue weighted by molar-refractivity contribution is 5.41. The molecule has 0 aliphatic rings. The zero-order valence-corrected chi connectivity index (χ0v) is 8.44. The minimum Gasteiger partial charge on any atom is -0.0617 e. The Labute approximate surface area is 75.6 Å². The lowest BCUT2D eigenvalue weighted by Gasteiger charge is -2.12. The van der Waals surface area contributed by atoms with Gasteiger partial charge in [-0.15, -0.1) is 0 Å². The van der Waals surface area contributed by atoms with Crippen molar-refractivity contribution in [2.75, 3.05) is 0 Å². The van der Waals surface area contributed by atoms with Crippen LogP contribution in [0.15, 0.2) is 18.2 Å². The molecule has 65 valence electrons. The highest BCUT2D eigenvalue weighted by Gasteiger charge is 2.06. The standard InChI is InChI=1S/C12H17/c1-5-11-10(4)7-6-8-12(11)9(2)3/h6-8H,5H2,1-4H3. The third-order valence-corrected chi connectivity index (χ3v) is 2.30. The lowest BCUT2D eigenvalue weighted by Crippen LogP contribution is -1.97. The van der Waals surface area contributed by atoms with E-state index in [-0.39, 0.29) is 0 Å². The van der Waals surface area contributed by atoms with Crippen LogP contribution in [0.1, 0.15) is 37.5 Å². The van der Waals surface area contributed by atoms with Crippen LogP contribution in [0.25, 0.3) is 0 Å². The third kappa shape index (κ3) is 1.69. The number of hydrogen-bond acceptors (Lipinski definition) is 0. The topological polar surface area (TPSA) is 0 Å². The Morgan fingerprint density at radius 3 is 2.33 bits per heavy atom. The molecule has 0 heterocycles. The molecule has 12 heavy (non-hydrogen) atoms. The first-order valence-corrected chi connectivity index (χ1v) is 4.55. The maximum absolute atomic E-state index is 2.22. The predicted molar refractivity (Wildman–Crippen MR) is 54.3 cm³/mol. The first kappa shape index (κ1) is 9.31. The average molecular weight is 161 g/mol. The smallest absolute Gasteiger partial charge is 0.000912 e. The van der Waals surface area contributed by atoms with Crippen molar-refractivity contribution in [2.24, 2.45) is 0 Å². The number of benzene rings is 1. The molecule has 1 rings (SSSR count). The van der Waals surface area contributed by atoms with Gasteiger partial charge < -0.3 is 0 Å². The van der Waals surface area contributed by atoms with Crippen molar-refractivity contribution in [1.82, 2.24) is 0 Å². The molecule has 0 atom stereocenters. The fraction of sp³-hybridized carbons (Fsp3) is 0.417. The summed E-state index contributed by atoms with van der Waals surface area (Å²) in [6.07, 6.45) is 1.13. The minimum absolute atomic E-state index is 1.13. The second kappa shape index (κ2) is 3.75. The van der Waals surface area contributed by atoms with Gasteiger partial charge in [0, 0.05) is 0 Å². The summed E-state index contributed by atoms with van der Waals surface area (Å²) in [4.78, 5) is 0. The van der Waals surface area contributed by atoms with Crippen LogP contribution in [0.3, 0.4) is 0 Å². The van der Waals surface area contributed by atoms with Gasteiger partial charge in [0.2, 0.25) is 0 Å². The Balaban J connectivity index is 3.18. The van der Waals surface area contributed by atoms with E-state index >= 15 is 0 Å². The largest absolute Gasteiger partial charge is 0.0617 e. The highest BCUT2D eigenvalue weighted by Crippen LogP contribution is 2.21. The molecule has 0 bridgehead atoms. The van der Waals surface area contributed by atoms with Gasteiger partial charge in [0.1, 0.15) is 0 Å². The Morgan fingerprint density at radius 2 is 1.92 bits per heavy atom. The molecule has 0 unspecified atom stereocenters. The molecule has 0 spiro atoms. The van der Waals surface area contributed by atoms with E-state index in [0.717, 1.165) is 6.42 Å². The molecular formula is C12H17. The highest BCUT2D eigenvalue weighted by atomic mass is 14.1. The SMILES string of the molecule is CCc1c(C)cccc1[C](C)C. The molecule has 0 N–H and O–H groups in total. The summed E-state index contributed by atoms with van der Waals surface area (Å²) < 4.78 is 0. The summed E-state index contributed by atoms with van der Waals surface area (Å²) in [6, 6.07) is 6.53. The van der Waals surface area contributed by atoms with E-state index < -0.39 is 0 Å². The van der Waals surface area contributed by atoms with Gasteiger partial charge in [-0.3, -0.25) is 0 Å². The maximum atomic E-state index is 2.22. The van der Waals surface area contributed by atoms with E-state index in [1.807, 2.05) is 0 Å². The Morgan fingerprint density at radius 1 is 1.25 bits per heavy atom. The molecule has 0 aliphatic heterocycles. The lowest BCUT2D eigenvalue weighted by atomic mass is 9.92. The van der Waals surface area contributed by atoms with Gasteiger partial charge in [-0.1, -0.05) is 39.0 Å². The first-order chi connectivity index (χ1) is 5.66. The Hall–Kier alpha value is -0.780. The molecule has 0 fully saturated rings. The van der Waals surface area contributed by atoms with Gasteiger partial charge in [-0.2, -0.15) is 0 Å². The monoisotopic (exact) mass is 161 g/mol. The minimum atomic E-state index is 1.13. The van der Waals surface area contributed by atoms with Gasteiger partial charge in [0.25, 0.3) is 0 Å². The number of rotatable bonds is 2. The fourth-order valence-corrected chi connectivity index (χ4v) is 1.64. The zero-order chi connectivity index (χ0) is 9.14. The summed E-state index contributed by atoms with van der Waals surface area (Å²) in [7, 11) is 0. The molecule has 1 aromatic carbocycles.